The quantitative estimate of drug-likeness (QED) is 0.601. The smallest absolute Gasteiger partial charge is 0.355 e. The van der Waals surface area contributed by atoms with E-state index in [0.717, 1.165) is 5.69 Å². The maximum absolute atomic E-state index is 12.6. The molecule has 1 aliphatic rings. The second kappa shape index (κ2) is 11.0. The van der Waals surface area contributed by atoms with Gasteiger partial charge in [-0.2, -0.15) is 0 Å². The number of benzene rings is 1. The first-order chi connectivity index (χ1) is 16.2. The molecule has 9 heteroatoms. The van der Waals surface area contributed by atoms with Crippen molar-refractivity contribution in [1.29, 1.82) is 0 Å². The van der Waals surface area contributed by atoms with E-state index in [-0.39, 0.29) is 29.5 Å². The number of likely N-dealkylation sites (tertiary alicyclic amines) is 1. The van der Waals surface area contributed by atoms with Crippen LogP contribution < -0.4 is 5.32 Å². The first kappa shape index (κ1) is 25.0. The van der Waals surface area contributed by atoms with E-state index in [4.69, 9.17) is 9.47 Å². The van der Waals surface area contributed by atoms with E-state index in [1.165, 1.54) is 0 Å². The van der Waals surface area contributed by atoms with Crippen LogP contribution in [-0.2, 0) is 19.1 Å². The molecule has 2 N–H and O–H groups in total. The molecule has 0 saturated carbocycles. The minimum absolute atomic E-state index is 0.0610. The molecule has 2 aromatic rings. The van der Waals surface area contributed by atoms with Gasteiger partial charge in [-0.05, 0) is 58.2 Å². The van der Waals surface area contributed by atoms with Gasteiger partial charge in [0.1, 0.15) is 5.69 Å². The van der Waals surface area contributed by atoms with Crippen LogP contribution in [-0.4, -0.2) is 59.4 Å². The number of aryl methyl sites for hydroxylation is 1. The third-order valence-corrected chi connectivity index (χ3v) is 5.78. The second-order valence-corrected chi connectivity index (χ2v) is 8.67. The van der Waals surface area contributed by atoms with E-state index in [2.05, 4.69) is 10.3 Å². The highest BCUT2D eigenvalue weighted by molar-refractivity contribution is 5.99. The number of anilines is 1. The lowest BCUT2D eigenvalue weighted by atomic mass is 9.95. The fraction of sp³-hybridized carbons (Fsp3) is 0.440. The Morgan fingerprint density at radius 1 is 1.06 bits per heavy atom. The summed E-state index contributed by atoms with van der Waals surface area (Å²) in [7, 11) is 0. The van der Waals surface area contributed by atoms with Gasteiger partial charge >= 0.3 is 11.9 Å². The summed E-state index contributed by atoms with van der Waals surface area (Å²) in [5.41, 5.74) is 2.08. The number of nitrogens with one attached hydrogen (secondary N) is 2. The van der Waals surface area contributed by atoms with E-state index in [1.807, 2.05) is 30.3 Å². The zero-order valence-corrected chi connectivity index (χ0v) is 20.0. The molecule has 1 saturated heterocycles. The van der Waals surface area contributed by atoms with Gasteiger partial charge in [-0.1, -0.05) is 18.2 Å². The number of carbonyl (C=O) groups excluding carboxylic acids is 4. The molecule has 1 aliphatic heterocycles. The van der Waals surface area contributed by atoms with E-state index < -0.39 is 18.5 Å². The van der Waals surface area contributed by atoms with Gasteiger partial charge in [0.25, 0.3) is 5.91 Å². The molecule has 9 nitrogen and oxygen atoms in total. The van der Waals surface area contributed by atoms with Crippen molar-refractivity contribution in [3.05, 3.63) is 52.8 Å². The summed E-state index contributed by atoms with van der Waals surface area (Å²) in [6.45, 7) is 7.20. The number of aromatic amines is 1. The average Bonchev–Trinajstić information content (AvgIpc) is 3.11. The van der Waals surface area contributed by atoms with Crippen molar-refractivity contribution in [2.75, 3.05) is 25.0 Å². The number of esters is 2. The zero-order valence-electron chi connectivity index (χ0n) is 20.0. The zero-order chi connectivity index (χ0) is 24.8. The first-order valence-electron chi connectivity index (χ1n) is 11.4. The standard InChI is InChI=1S/C25H31N3O6/c1-15(2)34-24(31)21-16(3)22(26-17(21)4)25(32)33-14-20(29)28-12-10-18(11-13-28)23(30)27-19-8-6-5-7-9-19/h5-9,15,18,26H,10-14H2,1-4H3,(H,27,30). The second-order valence-electron chi connectivity index (χ2n) is 8.67. The summed E-state index contributed by atoms with van der Waals surface area (Å²) >= 11 is 0. The maximum Gasteiger partial charge on any atom is 0.355 e. The third-order valence-electron chi connectivity index (χ3n) is 5.78. The number of ether oxygens (including phenoxy) is 2. The van der Waals surface area contributed by atoms with Crippen LogP contribution in [0.15, 0.2) is 30.3 Å². The largest absolute Gasteiger partial charge is 0.459 e. The van der Waals surface area contributed by atoms with Gasteiger partial charge in [-0.3, -0.25) is 9.59 Å². The summed E-state index contributed by atoms with van der Waals surface area (Å²) in [5.74, 6) is -1.80. The van der Waals surface area contributed by atoms with Crippen LogP contribution in [0.3, 0.4) is 0 Å². The van der Waals surface area contributed by atoms with E-state index in [1.54, 1.807) is 32.6 Å². The number of hydrogen-bond acceptors (Lipinski definition) is 6. The fourth-order valence-electron chi connectivity index (χ4n) is 3.98. The molecular weight excluding hydrogens is 438 g/mol. The van der Waals surface area contributed by atoms with Gasteiger partial charge in [-0.25, -0.2) is 9.59 Å². The lowest BCUT2D eigenvalue weighted by Gasteiger charge is -2.31. The molecule has 0 unspecified atom stereocenters. The van der Waals surface area contributed by atoms with Crippen LogP contribution in [0.25, 0.3) is 0 Å². The number of piperidine rings is 1. The van der Waals surface area contributed by atoms with Crippen LogP contribution in [0.4, 0.5) is 5.69 Å². The molecule has 182 valence electrons. The number of aromatic nitrogens is 1. The Hall–Kier alpha value is -3.62. The summed E-state index contributed by atoms with van der Waals surface area (Å²) < 4.78 is 10.4. The number of rotatable bonds is 7. The molecule has 34 heavy (non-hydrogen) atoms. The van der Waals surface area contributed by atoms with Crippen molar-refractivity contribution in [3.8, 4) is 0 Å². The Bertz CT molecular complexity index is 1050. The number of H-pyrrole nitrogens is 1. The molecule has 0 atom stereocenters. The third kappa shape index (κ3) is 6.03. The maximum atomic E-state index is 12.6. The summed E-state index contributed by atoms with van der Waals surface area (Å²) in [6.07, 6.45) is 0.784. The van der Waals surface area contributed by atoms with E-state index in [0.29, 0.717) is 42.8 Å². The molecule has 0 aliphatic carbocycles. The SMILES string of the molecule is Cc1[nH]c(C(=O)OCC(=O)N2CCC(C(=O)Nc3ccccc3)CC2)c(C)c1C(=O)OC(C)C. The highest BCUT2D eigenvalue weighted by atomic mass is 16.5. The molecule has 0 bridgehead atoms. The lowest BCUT2D eigenvalue weighted by molar-refractivity contribution is -0.137. The average molecular weight is 470 g/mol. The minimum Gasteiger partial charge on any atom is -0.459 e. The summed E-state index contributed by atoms with van der Waals surface area (Å²) in [5, 5.41) is 2.90. The molecule has 1 aromatic carbocycles. The fourth-order valence-corrected chi connectivity index (χ4v) is 3.98. The van der Waals surface area contributed by atoms with Crippen molar-refractivity contribution < 1.29 is 28.7 Å². The minimum atomic E-state index is -0.713. The van der Waals surface area contributed by atoms with Gasteiger partial charge in [0, 0.05) is 30.4 Å². The van der Waals surface area contributed by atoms with Crippen LogP contribution in [0.5, 0.6) is 0 Å². The molecule has 0 radical (unpaired) electrons. The predicted octanol–water partition coefficient (Wildman–Crippen LogP) is 3.23. The normalized spacial score (nSPS) is 14.1. The highest BCUT2D eigenvalue weighted by Gasteiger charge is 2.29. The van der Waals surface area contributed by atoms with Crippen LogP contribution in [0.2, 0.25) is 0 Å². The van der Waals surface area contributed by atoms with Gasteiger partial charge in [0.2, 0.25) is 5.91 Å². The molecule has 2 amide bonds. The lowest BCUT2D eigenvalue weighted by Crippen LogP contribution is -2.43. The predicted molar refractivity (Wildman–Crippen MR) is 125 cm³/mol. The van der Waals surface area contributed by atoms with Crippen molar-refractivity contribution in [2.45, 2.75) is 46.6 Å². The van der Waals surface area contributed by atoms with Gasteiger partial charge in [0.15, 0.2) is 6.61 Å². The summed E-state index contributed by atoms with van der Waals surface area (Å²) in [6, 6.07) is 9.24. The van der Waals surface area contributed by atoms with Gasteiger partial charge < -0.3 is 24.7 Å². The summed E-state index contributed by atoms with van der Waals surface area (Å²) in [4.78, 5) is 54.3. The highest BCUT2D eigenvalue weighted by Crippen LogP contribution is 2.22. The molecular formula is C25H31N3O6. The van der Waals surface area contributed by atoms with Crippen molar-refractivity contribution in [2.24, 2.45) is 5.92 Å². The van der Waals surface area contributed by atoms with Crippen LogP contribution >= 0.6 is 0 Å². The molecule has 3 rings (SSSR count). The Labute approximate surface area is 198 Å². The Balaban J connectivity index is 1.49. The Morgan fingerprint density at radius 3 is 2.32 bits per heavy atom. The number of hydrogen-bond donors (Lipinski definition) is 2. The van der Waals surface area contributed by atoms with Crippen LogP contribution in [0, 0.1) is 19.8 Å². The number of carbonyl (C=O) groups is 4. The number of nitrogens with zero attached hydrogens (tertiary/aromatic N) is 1. The van der Waals surface area contributed by atoms with Gasteiger partial charge in [0.05, 0.1) is 11.7 Å². The van der Waals surface area contributed by atoms with E-state index in [9.17, 15) is 19.2 Å². The molecule has 1 fully saturated rings. The van der Waals surface area contributed by atoms with Crippen molar-refractivity contribution >= 4 is 29.4 Å². The van der Waals surface area contributed by atoms with Gasteiger partial charge in [-0.15, -0.1) is 0 Å². The number of amides is 2. The van der Waals surface area contributed by atoms with Crippen molar-refractivity contribution in [3.63, 3.8) is 0 Å². The number of para-hydroxylation sites is 1. The molecule has 1 aromatic heterocycles. The Kier molecular flexibility index (Phi) is 8.09. The van der Waals surface area contributed by atoms with Crippen LogP contribution in [0.1, 0.15) is 58.8 Å². The molecule has 2 heterocycles. The first-order valence-corrected chi connectivity index (χ1v) is 11.4. The monoisotopic (exact) mass is 469 g/mol. The topological polar surface area (TPSA) is 118 Å². The molecule has 0 spiro atoms. The van der Waals surface area contributed by atoms with E-state index >= 15 is 0 Å². The Morgan fingerprint density at radius 2 is 1.71 bits per heavy atom. The van der Waals surface area contributed by atoms with Crippen molar-refractivity contribution in [1.82, 2.24) is 9.88 Å².